The van der Waals surface area contributed by atoms with Crippen molar-refractivity contribution in [3.05, 3.63) is 148 Å². The maximum atomic E-state index is 13.5. The Labute approximate surface area is 344 Å². The first-order valence-corrected chi connectivity index (χ1v) is 21.9. The van der Waals surface area contributed by atoms with E-state index in [-0.39, 0.29) is 27.9 Å². The summed E-state index contributed by atoms with van der Waals surface area (Å²) in [5.74, 6) is 1.49. The number of nitro groups is 1. The number of nitro benzene ring substituents is 1. The summed E-state index contributed by atoms with van der Waals surface area (Å²) in [6, 6.07) is 37.0. The average molecular weight is 821 g/mol. The number of fused-ring (bicyclic) bond motifs is 3. The molecule has 2 aliphatic rings. The van der Waals surface area contributed by atoms with Crippen molar-refractivity contribution in [1.82, 2.24) is 14.5 Å². The highest BCUT2D eigenvalue weighted by atomic mass is 32.2. The largest absolute Gasteiger partial charge is 0.457 e. The number of amides is 1. The second kappa shape index (κ2) is 18.5. The minimum absolute atomic E-state index is 0.139. The van der Waals surface area contributed by atoms with Crippen LogP contribution in [-0.4, -0.2) is 87.2 Å². The number of rotatable bonds is 16. The van der Waals surface area contributed by atoms with Crippen LogP contribution in [0.2, 0.25) is 0 Å². The second-order valence-electron chi connectivity index (χ2n) is 14.9. The van der Waals surface area contributed by atoms with Crippen LogP contribution in [-0.2, 0) is 23.0 Å². The van der Waals surface area contributed by atoms with Crippen LogP contribution >= 0.6 is 11.8 Å². The van der Waals surface area contributed by atoms with E-state index in [1.807, 2.05) is 104 Å². The molecule has 5 aromatic carbocycles. The number of ether oxygens (including phenoxy) is 1. The summed E-state index contributed by atoms with van der Waals surface area (Å²) in [5.41, 5.74) is 3.19. The Bertz CT molecular complexity index is 2330. The number of piperazine rings is 1. The number of benzene rings is 5. The highest BCUT2D eigenvalue weighted by Crippen LogP contribution is 2.35. The van der Waals surface area contributed by atoms with Crippen LogP contribution in [0.5, 0.6) is 11.5 Å². The molecular formula is C44H48N6O6S2. The lowest BCUT2D eigenvalue weighted by atomic mass is 9.92. The fraction of sp³-hybridized carbons (Fsp3) is 0.295. The second-order valence-corrected chi connectivity index (χ2v) is 17.7. The van der Waals surface area contributed by atoms with Crippen molar-refractivity contribution in [2.75, 3.05) is 56.2 Å². The lowest BCUT2D eigenvalue weighted by Gasteiger charge is -2.46. The van der Waals surface area contributed by atoms with E-state index in [1.165, 1.54) is 12.1 Å². The van der Waals surface area contributed by atoms with Gasteiger partial charge in [0, 0.05) is 71.8 Å². The highest BCUT2D eigenvalue weighted by Gasteiger charge is 2.33. The molecule has 0 saturated carbocycles. The number of sulfonamides is 1. The van der Waals surface area contributed by atoms with E-state index in [0.717, 1.165) is 84.8 Å². The van der Waals surface area contributed by atoms with Crippen molar-refractivity contribution >= 4 is 44.8 Å². The molecule has 5 aromatic rings. The monoisotopic (exact) mass is 820 g/mol. The number of para-hydroxylation sites is 2. The zero-order valence-electron chi connectivity index (χ0n) is 32.6. The molecule has 0 bridgehead atoms. The number of anilines is 2. The average Bonchev–Trinajstić information content (AvgIpc) is 3.22. The first-order valence-electron chi connectivity index (χ1n) is 19.4. The topological polar surface area (TPSA) is 137 Å². The quantitative estimate of drug-likeness (QED) is 0.0577. The van der Waals surface area contributed by atoms with Gasteiger partial charge in [0.05, 0.1) is 9.82 Å². The predicted octanol–water partition coefficient (Wildman–Crippen LogP) is 7.67. The molecule has 1 fully saturated rings. The molecule has 0 aromatic heterocycles. The first-order chi connectivity index (χ1) is 28.0. The van der Waals surface area contributed by atoms with Crippen LogP contribution in [0.3, 0.4) is 0 Å². The maximum absolute atomic E-state index is 13.5. The van der Waals surface area contributed by atoms with E-state index in [4.69, 9.17) is 4.74 Å². The maximum Gasteiger partial charge on any atom is 0.293 e. The number of aryl methyl sites for hydroxylation is 1. The molecule has 0 radical (unpaired) electrons. The van der Waals surface area contributed by atoms with Gasteiger partial charge in [-0.15, -0.1) is 11.8 Å². The Morgan fingerprint density at radius 1 is 0.948 bits per heavy atom. The Morgan fingerprint density at radius 3 is 2.45 bits per heavy atom. The van der Waals surface area contributed by atoms with E-state index in [0.29, 0.717) is 18.2 Å². The van der Waals surface area contributed by atoms with Gasteiger partial charge in [-0.05, 0) is 106 Å². The molecular weight excluding hydrogens is 773 g/mol. The van der Waals surface area contributed by atoms with Crippen molar-refractivity contribution in [2.24, 2.45) is 0 Å². The van der Waals surface area contributed by atoms with Crippen molar-refractivity contribution in [3.8, 4) is 11.5 Å². The third-order valence-electron chi connectivity index (χ3n) is 10.5. The summed E-state index contributed by atoms with van der Waals surface area (Å²) in [4.78, 5) is 32.7. The molecule has 7 rings (SSSR count). The van der Waals surface area contributed by atoms with E-state index in [1.54, 1.807) is 23.9 Å². The zero-order chi connectivity index (χ0) is 40.6. The van der Waals surface area contributed by atoms with Crippen LogP contribution in [0.1, 0.15) is 34.3 Å². The fourth-order valence-corrected chi connectivity index (χ4v) is 9.47. The third kappa shape index (κ3) is 10.2. The van der Waals surface area contributed by atoms with Gasteiger partial charge in [-0.25, -0.2) is 13.1 Å². The summed E-state index contributed by atoms with van der Waals surface area (Å²) >= 11 is 1.64. The van der Waals surface area contributed by atoms with E-state index < -0.39 is 20.9 Å². The van der Waals surface area contributed by atoms with Gasteiger partial charge in [0.25, 0.3) is 21.6 Å². The van der Waals surface area contributed by atoms with Gasteiger partial charge < -0.3 is 19.9 Å². The lowest BCUT2D eigenvalue weighted by Crippen LogP contribution is -2.54. The SMILES string of the molecule is CN(C)CC[C@H](CSc1ccccc1)Nc1ccc(S(=O)(=O)NC(=O)c2ccc3c(c2)CC[C@H]2CN(Cc4ccccc4Oc4ccccc4)CCN32)cc1[N+](=O)[O-]. The molecule has 0 aliphatic carbocycles. The molecule has 2 heterocycles. The van der Waals surface area contributed by atoms with Gasteiger partial charge in [0.2, 0.25) is 0 Å². The molecule has 12 nitrogen and oxygen atoms in total. The first kappa shape index (κ1) is 40.8. The van der Waals surface area contributed by atoms with Gasteiger partial charge in [0.1, 0.15) is 17.2 Å². The van der Waals surface area contributed by atoms with Crippen molar-refractivity contribution in [2.45, 2.75) is 47.7 Å². The molecule has 2 N–H and O–H groups in total. The summed E-state index contributed by atoms with van der Waals surface area (Å²) in [6.45, 7) is 4.05. The van der Waals surface area contributed by atoms with Gasteiger partial charge in [-0.3, -0.25) is 19.8 Å². The molecule has 14 heteroatoms. The zero-order valence-corrected chi connectivity index (χ0v) is 34.3. The van der Waals surface area contributed by atoms with Gasteiger partial charge >= 0.3 is 0 Å². The molecule has 2 atom stereocenters. The molecule has 1 saturated heterocycles. The van der Waals surface area contributed by atoms with Crippen LogP contribution in [0, 0.1) is 10.1 Å². The van der Waals surface area contributed by atoms with Gasteiger partial charge in [-0.2, -0.15) is 0 Å². The van der Waals surface area contributed by atoms with E-state index in [9.17, 15) is 23.3 Å². The van der Waals surface area contributed by atoms with E-state index in [2.05, 4.69) is 25.9 Å². The van der Waals surface area contributed by atoms with Gasteiger partial charge in [0.15, 0.2) is 0 Å². The number of hydrogen-bond donors (Lipinski definition) is 2. The van der Waals surface area contributed by atoms with Crippen molar-refractivity contribution in [3.63, 3.8) is 0 Å². The molecule has 302 valence electrons. The van der Waals surface area contributed by atoms with Gasteiger partial charge in [-0.1, -0.05) is 54.6 Å². The molecule has 2 aliphatic heterocycles. The fourth-order valence-electron chi connectivity index (χ4n) is 7.48. The van der Waals surface area contributed by atoms with E-state index >= 15 is 0 Å². The summed E-state index contributed by atoms with van der Waals surface area (Å²) in [5, 5.41) is 15.5. The Hall–Kier alpha value is -5.41. The standard InChI is InChI=1S/C44H48N6O6S2/c1-47(2)24-23-35(31-57-38-14-7-4-8-15-38)45-40-21-20-39(28-42(40)50(52)53)58(54,55)46-44(51)33-18-22-41-32(27-33)17-19-36-30-48(25-26-49(36)41)29-34-11-9-10-16-43(34)56-37-12-5-3-6-13-37/h3-16,18,20-22,27-28,35-36,45H,17,19,23-26,29-31H2,1-2H3,(H,46,51)/t35-,36+/m1/s1. The van der Waals surface area contributed by atoms with Crippen LogP contribution in [0.4, 0.5) is 17.1 Å². The normalized spacial score (nSPS) is 15.9. The van der Waals surface area contributed by atoms with Crippen LogP contribution in [0.25, 0.3) is 0 Å². The number of nitrogens with zero attached hydrogens (tertiary/aromatic N) is 4. The predicted molar refractivity (Wildman–Crippen MR) is 230 cm³/mol. The van der Waals surface area contributed by atoms with Crippen molar-refractivity contribution in [1.29, 1.82) is 0 Å². The summed E-state index contributed by atoms with van der Waals surface area (Å²) in [6.07, 6.45) is 2.34. The number of hydrogen-bond acceptors (Lipinski definition) is 11. The molecule has 58 heavy (non-hydrogen) atoms. The number of carbonyl (C=O) groups is 1. The number of nitrogens with one attached hydrogen (secondary N) is 2. The third-order valence-corrected chi connectivity index (χ3v) is 13.0. The molecule has 1 amide bonds. The minimum Gasteiger partial charge on any atom is -0.457 e. The minimum atomic E-state index is -4.44. The smallest absolute Gasteiger partial charge is 0.293 e. The molecule has 0 unspecified atom stereocenters. The van der Waals surface area contributed by atoms with Crippen LogP contribution in [0.15, 0.2) is 131 Å². The van der Waals surface area contributed by atoms with Crippen molar-refractivity contribution < 1.29 is 22.9 Å². The Kier molecular flexibility index (Phi) is 13.0. The Morgan fingerprint density at radius 2 is 1.69 bits per heavy atom. The molecule has 0 spiro atoms. The summed E-state index contributed by atoms with van der Waals surface area (Å²) < 4.78 is 35.4. The lowest BCUT2D eigenvalue weighted by molar-refractivity contribution is -0.384. The number of thioether (sulfide) groups is 1. The summed E-state index contributed by atoms with van der Waals surface area (Å²) in [7, 11) is -0.510. The number of carbonyl (C=O) groups excluding carboxylic acids is 1. The van der Waals surface area contributed by atoms with Crippen LogP contribution < -0.4 is 19.7 Å². The Balaban J connectivity index is 0.991. The highest BCUT2D eigenvalue weighted by molar-refractivity contribution is 7.99.